The summed E-state index contributed by atoms with van der Waals surface area (Å²) in [4.78, 5) is 12.6. The molecule has 1 aliphatic carbocycles. The summed E-state index contributed by atoms with van der Waals surface area (Å²) in [6.07, 6.45) is 1.45. The summed E-state index contributed by atoms with van der Waals surface area (Å²) in [5.74, 6) is -0.306. The van der Waals surface area contributed by atoms with Crippen LogP contribution >= 0.6 is 0 Å². The maximum Gasteiger partial charge on any atom is 0.245 e. The van der Waals surface area contributed by atoms with Crippen molar-refractivity contribution in [1.82, 2.24) is 0 Å². The Labute approximate surface area is 143 Å². The lowest BCUT2D eigenvalue weighted by molar-refractivity contribution is -0.166. The van der Waals surface area contributed by atoms with E-state index in [4.69, 9.17) is 10.5 Å². The highest BCUT2D eigenvalue weighted by atomic mass is 32.2. The van der Waals surface area contributed by atoms with Gasteiger partial charge in [0.1, 0.15) is 5.54 Å². The van der Waals surface area contributed by atoms with Crippen LogP contribution in [0.1, 0.15) is 27.2 Å². The predicted octanol–water partition coefficient (Wildman–Crippen LogP) is 1.53. The topological polar surface area (TPSA) is 111 Å². The molecule has 0 bridgehead atoms. The Morgan fingerprint density at radius 2 is 2.00 bits per heavy atom. The second kappa shape index (κ2) is 6.34. The molecule has 1 fully saturated rings. The largest absolute Gasteiger partial charge is 0.378 e. The van der Waals surface area contributed by atoms with Crippen LogP contribution in [0.25, 0.3) is 0 Å². The van der Waals surface area contributed by atoms with Gasteiger partial charge in [-0.05, 0) is 25.1 Å². The third-order valence-electron chi connectivity index (χ3n) is 4.66. The summed E-state index contributed by atoms with van der Waals surface area (Å²) in [5.41, 5.74) is 5.66. The van der Waals surface area contributed by atoms with E-state index >= 15 is 0 Å². The SMILES string of the molecule is CCOC1CC(N)(C(=O)Nc2cccc(NS(C)(=O)=O)c2)C1(C)C. The molecule has 7 nitrogen and oxygen atoms in total. The molecule has 8 heteroatoms. The van der Waals surface area contributed by atoms with E-state index in [1.807, 2.05) is 20.8 Å². The first-order chi connectivity index (χ1) is 11.0. The first kappa shape index (κ1) is 18.7. The van der Waals surface area contributed by atoms with E-state index in [1.54, 1.807) is 24.3 Å². The average molecular weight is 355 g/mol. The molecule has 1 aromatic carbocycles. The molecule has 24 heavy (non-hydrogen) atoms. The molecule has 134 valence electrons. The number of nitrogens with two attached hydrogens (primary N) is 1. The van der Waals surface area contributed by atoms with E-state index in [0.29, 0.717) is 24.4 Å². The van der Waals surface area contributed by atoms with Gasteiger partial charge in [-0.3, -0.25) is 9.52 Å². The molecular weight excluding hydrogens is 330 g/mol. The molecule has 0 spiro atoms. The Hall–Kier alpha value is -1.64. The van der Waals surface area contributed by atoms with Crippen molar-refractivity contribution < 1.29 is 17.9 Å². The standard InChI is InChI=1S/C16H25N3O4S/c1-5-23-13-10-16(17,15(13,2)3)14(20)18-11-7-6-8-12(9-11)19-24(4,21)22/h6-9,13,19H,5,10,17H2,1-4H3,(H,18,20). The van der Waals surface area contributed by atoms with Gasteiger partial charge < -0.3 is 15.8 Å². The van der Waals surface area contributed by atoms with Gasteiger partial charge in [0.05, 0.1) is 18.0 Å². The molecule has 0 aromatic heterocycles. The third-order valence-corrected chi connectivity index (χ3v) is 5.27. The number of carbonyl (C=O) groups is 1. The lowest BCUT2D eigenvalue weighted by Crippen LogP contribution is -2.74. The third kappa shape index (κ3) is 3.55. The van der Waals surface area contributed by atoms with Crippen LogP contribution in [0.4, 0.5) is 11.4 Å². The zero-order chi connectivity index (χ0) is 18.2. The van der Waals surface area contributed by atoms with E-state index in [2.05, 4.69) is 10.0 Å². The minimum Gasteiger partial charge on any atom is -0.378 e. The van der Waals surface area contributed by atoms with Crippen LogP contribution in [0.3, 0.4) is 0 Å². The predicted molar refractivity (Wildman–Crippen MR) is 94.3 cm³/mol. The minimum absolute atomic E-state index is 0.0588. The van der Waals surface area contributed by atoms with Gasteiger partial charge >= 0.3 is 0 Å². The second-order valence-electron chi connectivity index (χ2n) is 6.75. The minimum atomic E-state index is -3.38. The van der Waals surface area contributed by atoms with Gasteiger partial charge in [0.25, 0.3) is 0 Å². The van der Waals surface area contributed by atoms with Gasteiger partial charge in [0.2, 0.25) is 15.9 Å². The van der Waals surface area contributed by atoms with Crippen molar-refractivity contribution >= 4 is 27.3 Å². The fraction of sp³-hybridized carbons (Fsp3) is 0.562. The fourth-order valence-electron chi connectivity index (χ4n) is 2.94. The van der Waals surface area contributed by atoms with Gasteiger partial charge in [-0.25, -0.2) is 8.42 Å². The molecule has 2 unspecified atom stereocenters. The number of nitrogens with one attached hydrogen (secondary N) is 2. The summed E-state index contributed by atoms with van der Waals surface area (Å²) in [6.45, 7) is 6.31. The fourth-order valence-corrected chi connectivity index (χ4v) is 3.49. The average Bonchev–Trinajstić information content (AvgIpc) is 2.45. The summed E-state index contributed by atoms with van der Waals surface area (Å²) >= 11 is 0. The number of ether oxygens (including phenoxy) is 1. The summed E-state index contributed by atoms with van der Waals surface area (Å²) in [7, 11) is -3.38. The molecule has 0 saturated heterocycles. The van der Waals surface area contributed by atoms with Gasteiger partial charge in [-0.1, -0.05) is 19.9 Å². The number of sulfonamides is 1. The molecular formula is C16H25N3O4S. The molecule has 1 amide bonds. The molecule has 4 N–H and O–H groups in total. The van der Waals surface area contributed by atoms with Crippen molar-refractivity contribution in [2.45, 2.75) is 38.8 Å². The number of hydrogen-bond acceptors (Lipinski definition) is 5. The van der Waals surface area contributed by atoms with Crippen LogP contribution in [-0.4, -0.2) is 38.8 Å². The highest BCUT2D eigenvalue weighted by Crippen LogP contribution is 2.50. The zero-order valence-electron chi connectivity index (χ0n) is 14.4. The first-order valence-electron chi connectivity index (χ1n) is 7.79. The lowest BCUT2D eigenvalue weighted by atomic mass is 9.54. The number of hydrogen-bond donors (Lipinski definition) is 3. The molecule has 2 rings (SSSR count). The van der Waals surface area contributed by atoms with Crippen LogP contribution in [-0.2, 0) is 19.6 Å². The number of benzene rings is 1. The Morgan fingerprint density at radius 3 is 2.54 bits per heavy atom. The molecule has 2 atom stereocenters. The van der Waals surface area contributed by atoms with Crippen LogP contribution in [0.5, 0.6) is 0 Å². The molecule has 0 radical (unpaired) electrons. The van der Waals surface area contributed by atoms with E-state index in [9.17, 15) is 13.2 Å². The van der Waals surface area contributed by atoms with E-state index < -0.39 is 21.0 Å². The Kier molecular flexibility index (Phi) is 4.94. The monoisotopic (exact) mass is 355 g/mol. The summed E-state index contributed by atoms with van der Waals surface area (Å²) in [5, 5.41) is 2.77. The smallest absolute Gasteiger partial charge is 0.245 e. The molecule has 0 aliphatic heterocycles. The summed E-state index contributed by atoms with van der Waals surface area (Å²) in [6, 6.07) is 6.49. The lowest BCUT2D eigenvalue weighted by Gasteiger charge is -2.57. The molecule has 0 heterocycles. The van der Waals surface area contributed by atoms with Crippen molar-refractivity contribution in [2.24, 2.45) is 11.1 Å². The quantitative estimate of drug-likeness (QED) is 0.717. The van der Waals surface area contributed by atoms with Gasteiger partial charge in [-0.15, -0.1) is 0 Å². The van der Waals surface area contributed by atoms with Crippen LogP contribution in [0.2, 0.25) is 0 Å². The highest BCUT2D eigenvalue weighted by molar-refractivity contribution is 7.92. The number of carbonyl (C=O) groups excluding carboxylic acids is 1. The van der Waals surface area contributed by atoms with Crippen LogP contribution in [0.15, 0.2) is 24.3 Å². The Morgan fingerprint density at radius 1 is 1.38 bits per heavy atom. The Balaban J connectivity index is 2.12. The highest BCUT2D eigenvalue weighted by Gasteiger charge is 2.62. The first-order valence-corrected chi connectivity index (χ1v) is 9.68. The van der Waals surface area contributed by atoms with Gasteiger partial charge in [0, 0.05) is 24.1 Å². The van der Waals surface area contributed by atoms with Crippen LogP contribution in [0, 0.1) is 5.41 Å². The van der Waals surface area contributed by atoms with E-state index in [0.717, 1.165) is 6.26 Å². The maximum absolute atomic E-state index is 12.6. The van der Waals surface area contributed by atoms with Crippen molar-refractivity contribution in [3.63, 3.8) is 0 Å². The van der Waals surface area contributed by atoms with Crippen molar-refractivity contribution in [2.75, 3.05) is 22.9 Å². The van der Waals surface area contributed by atoms with E-state index in [-0.39, 0.29) is 12.0 Å². The van der Waals surface area contributed by atoms with Gasteiger partial charge in [0.15, 0.2) is 0 Å². The van der Waals surface area contributed by atoms with Gasteiger partial charge in [-0.2, -0.15) is 0 Å². The van der Waals surface area contributed by atoms with Crippen molar-refractivity contribution in [1.29, 1.82) is 0 Å². The van der Waals surface area contributed by atoms with Crippen LogP contribution < -0.4 is 15.8 Å². The normalized spacial score (nSPS) is 25.6. The maximum atomic E-state index is 12.6. The van der Waals surface area contributed by atoms with E-state index in [1.165, 1.54) is 0 Å². The van der Waals surface area contributed by atoms with Crippen molar-refractivity contribution in [3.05, 3.63) is 24.3 Å². The number of anilines is 2. The number of amides is 1. The number of rotatable bonds is 6. The Bertz CT molecular complexity index is 733. The summed E-state index contributed by atoms with van der Waals surface area (Å²) < 4.78 is 30.6. The van der Waals surface area contributed by atoms with Crippen molar-refractivity contribution in [3.8, 4) is 0 Å². The molecule has 1 aliphatic rings. The molecule has 1 saturated carbocycles. The molecule has 1 aromatic rings. The zero-order valence-corrected chi connectivity index (χ0v) is 15.2. The second-order valence-corrected chi connectivity index (χ2v) is 8.50.